The van der Waals surface area contributed by atoms with E-state index in [-0.39, 0.29) is 12.5 Å². The first-order valence-corrected chi connectivity index (χ1v) is 13.0. The standard InChI is InChI=1S/C29H32N2O3S/c1-4-17-33-25-13-9-10-14-26(25)34-20-28(32)31(19-22-11-7-6-8-12-22)29-30-24-16-15-23(21(3)5-2)18-27(24)35-29/h6-16,18,21H,4-5,17,19-20H2,1-3H3. The number of hydrogen-bond donors (Lipinski definition) is 0. The quantitative estimate of drug-likeness (QED) is 0.224. The molecule has 5 nitrogen and oxygen atoms in total. The molecule has 1 amide bonds. The summed E-state index contributed by atoms with van der Waals surface area (Å²) in [5, 5.41) is 0.675. The van der Waals surface area contributed by atoms with E-state index in [0.29, 0.717) is 35.7 Å². The van der Waals surface area contributed by atoms with E-state index in [1.165, 1.54) is 5.56 Å². The van der Waals surface area contributed by atoms with Gasteiger partial charge in [-0.15, -0.1) is 0 Å². The Balaban J connectivity index is 1.59. The van der Waals surface area contributed by atoms with Gasteiger partial charge in [0.05, 0.1) is 23.4 Å². The molecule has 0 saturated heterocycles. The van der Waals surface area contributed by atoms with Crippen LogP contribution >= 0.6 is 11.3 Å². The summed E-state index contributed by atoms with van der Waals surface area (Å²) < 4.78 is 12.8. The van der Waals surface area contributed by atoms with Crippen molar-refractivity contribution in [2.45, 2.75) is 46.1 Å². The number of anilines is 1. The average Bonchev–Trinajstić information content (AvgIpc) is 3.32. The highest BCUT2D eigenvalue weighted by molar-refractivity contribution is 7.22. The molecule has 4 aromatic rings. The lowest BCUT2D eigenvalue weighted by Crippen LogP contribution is -2.34. The molecule has 0 aliphatic carbocycles. The van der Waals surface area contributed by atoms with Crippen molar-refractivity contribution in [1.29, 1.82) is 0 Å². The second-order valence-corrected chi connectivity index (χ2v) is 9.59. The molecule has 0 bridgehead atoms. The Hall–Kier alpha value is -3.38. The van der Waals surface area contributed by atoms with Crippen LogP contribution in [0.15, 0.2) is 72.8 Å². The van der Waals surface area contributed by atoms with Crippen LogP contribution in [-0.2, 0) is 11.3 Å². The average molecular weight is 489 g/mol. The first-order valence-electron chi connectivity index (χ1n) is 12.2. The van der Waals surface area contributed by atoms with Crippen molar-refractivity contribution in [1.82, 2.24) is 4.98 Å². The van der Waals surface area contributed by atoms with E-state index < -0.39 is 0 Å². The van der Waals surface area contributed by atoms with Gasteiger partial charge < -0.3 is 9.47 Å². The molecular formula is C29H32N2O3S. The third-order valence-electron chi connectivity index (χ3n) is 5.96. The number of para-hydroxylation sites is 2. The van der Waals surface area contributed by atoms with Gasteiger partial charge in [0.15, 0.2) is 23.2 Å². The van der Waals surface area contributed by atoms with E-state index in [1.807, 2.05) is 54.6 Å². The van der Waals surface area contributed by atoms with E-state index in [9.17, 15) is 4.79 Å². The van der Waals surface area contributed by atoms with Crippen molar-refractivity contribution >= 4 is 32.6 Å². The summed E-state index contributed by atoms with van der Waals surface area (Å²) in [6.07, 6.45) is 1.98. The summed E-state index contributed by atoms with van der Waals surface area (Å²) in [6.45, 7) is 7.39. The Kier molecular flexibility index (Phi) is 8.37. The number of thiazole rings is 1. The summed E-state index contributed by atoms with van der Waals surface area (Å²) in [6, 6.07) is 23.8. The third-order valence-corrected chi connectivity index (χ3v) is 7.00. The van der Waals surface area contributed by atoms with Crippen LogP contribution in [0.2, 0.25) is 0 Å². The molecule has 35 heavy (non-hydrogen) atoms. The number of aromatic nitrogens is 1. The Morgan fingerprint density at radius 3 is 2.40 bits per heavy atom. The molecule has 4 rings (SSSR count). The van der Waals surface area contributed by atoms with Crippen molar-refractivity contribution in [3.63, 3.8) is 0 Å². The highest BCUT2D eigenvalue weighted by atomic mass is 32.1. The second-order valence-electron chi connectivity index (χ2n) is 8.58. The molecule has 6 heteroatoms. The van der Waals surface area contributed by atoms with Gasteiger partial charge in [-0.05, 0) is 54.2 Å². The van der Waals surface area contributed by atoms with Crippen LogP contribution in [0.5, 0.6) is 11.5 Å². The number of carbonyl (C=O) groups excluding carboxylic acids is 1. The lowest BCUT2D eigenvalue weighted by molar-refractivity contribution is -0.120. The van der Waals surface area contributed by atoms with Crippen LogP contribution in [0.4, 0.5) is 5.13 Å². The molecule has 0 aliphatic heterocycles. The summed E-state index contributed by atoms with van der Waals surface area (Å²) in [5.41, 5.74) is 3.23. The van der Waals surface area contributed by atoms with Crippen LogP contribution in [0, 0.1) is 0 Å². The van der Waals surface area contributed by atoms with Crippen molar-refractivity contribution in [2.24, 2.45) is 0 Å². The van der Waals surface area contributed by atoms with E-state index >= 15 is 0 Å². The number of nitrogens with zero attached hydrogens (tertiary/aromatic N) is 2. The maximum absolute atomic E-state index is 13.5. The number of benzene rings is 3. The van der Waals surface area contributed by atoms with Gasteiger partial charge >= 0.3 is 0 Å². The van der Waals surface area contributed by atoms with Gasteiger partial charge in [-0.3, -0.25) is 9.69 Å². The Morgan fingerprint density at radius 1 is 0.971 bits per heavy atom. The SMILES string of the molecule is CCCOc1ccccc1OCC(=O)N(Cc1ccccc1)c1nc2ccc(C(C)CC)cc2s1. The van der Waals surface area contributed by atoms with E-state index in [4.69, 9.17) is 14.5 Å². The lowest BCUT2D eigenvalue weighted by atomic mass is 9.99. The molecule has 0 saturated carbocycles. The molecule has 182 valence electrons. The van der Waals surface area contributed by atoms with Gasteiger partial charge in [-0.1, -0.05) is 80.6 Å². The van der Waals surface area contributed by atoms with E-state index in [2.05, 4.69) is 39.0 Å². The van der Waals surface area contributed by atoms with Crippen molar-refractivity contribution in [3.8, 4) is 11.5 Å². The summed E-state index contributed by atoms with van der Waals surface area (Å²) in [5.74, 6) is 1.54. The number of ether oxygens (including phenoxy) is 2. The fourth-order valence-electron chi connectivity index (χ4n) is 3.73. The highest BCUT2D eigenvalue weighted by Crippen LogP contribution is 2.33. The number of hydrogen-bond acceptors (Lipinski definition) is 5. The number of carbonyl (C=O) groups is 1. The first kappa shape index (κ1) is 24.7. The van der Waals surface area contributed by atoms with Crippen LogP contribution in [0.1, 0.15) is 50.7 Å². The largest absolute Gasteiger partial charge is 0.490 e. The van der Waals surface area contributed by atoms with Crippen molar-refractivity contribution in [2.75, 3.05) is 18.1 Å². The Morgan fingerprint density at radius 2 is 1.69 bits per heavy atom. The molecule has 1 aromatic heterocycles. The third kappa shape index (κ3) is 6.20. The molecule has 1 heterocycles. The zero-order valence-corrected chi connectivity index (χ0v) is 21.4. The molecular weight excluding hydrogens is 456 g/mol. The van der Waals surface area contributed by atoms with Crippen molar-refractivity contribution < 1.29 is 14.3 Å². The van der Waals surface area contributed by atoms with Gasteiger partial charge in [0.25, 0.3) is 5.91 Å². The van der Waals surface area contributed by atoms with Crippen LogP contribution in [0.3, 0.4) is 0 Å². The van der Waals surface area contributed by atoms with Gasteiger partial charge in [-0.25, -0.2) is 4.98 Å². The maximum atomic E-state index is 13.5. The van der Waals surface area contributed by atoms with Crippen LogP contribution in [0.25, 0.3) is 10.2 Å². The van der Waals surface area contributed by atoms with Gasteiger partial charge in [-0.2, -0.15) is 0 Å². The topological polar surface area (TPSA) is 51.7 Å². The Bertz CT molecular complexity index is 1260. The number of fused-ring (bicyclic) bond motifs is 1. The molecule has 0 N–H and O–H groups in total. The fourth-order valence-corrected chi connectivity index (χ4v) is 4.76. The minimum Gasteiger partial charge on any atom is -0.490 e. The minimum atomic E-state index is -0.152. The lowest BCUT2D eigenvalue weighted by Gasteiger charge is -2.20. The van der Waals surface area contributed by atoms with Gasteiger partial charge in [0.2, 0.25) is 0 Å². The molecule has 1 atom stereocenters. The van der Waals surface area contributed by atoms with Gasteiger partial charge in [0.1, 0.15) is 0 Å². The predicted octanol–water partition coefficient (Wildman–Crippen LogP) is 7.21. The zero-order chi connectivity index (χ0) is 24.6. The normalized spacial score (nSPS) is 11.9. The minimum absolute atomic E-state index is 0.104. The predicted molar refractivity (Wildman–Crippen MR) is 144 cm³/mol. The van der Waals surface area contributed by atoms with Crippen LogP contribution < -0.4 is 14.4 Å². The van der Waals surface area contributed by atoms with Crippen LogP contribution in [-0.4, -0.2) is 24.1 Å². The fraction of sp³-hybridized carbons (Fsp3) is 0.310. The summed E-state index contributed by atoms with van der Waals surface area (Å²) in [4.78, 5) is 20.0. The summed E-state index contributed by atoms with van der Waals surface area (Å²) in [7, 11) is 0. The number of rotatable bonds is 11. The van der Waals surface area contributed by atoms with Gasteiger partial charge in [0, 0.05) is 0 Å². The molecule has 3 aromatic carbocycles. The molecule has 0 radical (unpaired) electrons. The maximum Gasteiger partial charge on any atom is 0.267 e. The van der Waals surface area contributed by atoms with E-state index in [0.717, 1.165) is 28.6 Å². The summed E-state index contributed by atoms with van der Waals surface area (Å²) >= 11 is 1.54. The first-order chi connectivity index (χ1) is 17.1. The molecule has 0 aliphatic rings. The van der Waals surface area contributed by atoms with Crippen molar-refractivity contribution in [3.05, 3.63) is 83.9 Å². The molecule has 0 fully saturated rings. The number of amides is 1. The second kappa shape index (κ2) is 11.8. The highest BCUT2D eigenvalue weighted by Gasteiger charge is 2.22. The molecule has 1 unspecified atom stereocenters. The zero-order valence-electron chi connectivity index (χ0n) is 20.6. The smallest absolute Gasteiger partial charge is 0.267 e. The van der Waals surface area contributed by atoms with E-state index in [1.54, 1.807) is 16.2 Å². The Labute approximate surface area is 211 Å². The monoisotopic (exact) mass is 488 g/mol. The molecule has 0 spiro atoms.